The topological polar surface area (TPSA) is 168 Å². The number of hydrogen-bond acceptors (Lipinski definition) is 12. The molecule has 5 rings (SSSR count). The fourth-order valence-electron chi connectivity index (χ4n) is 4.32. The Bertz CT molecular complexity index is 1490. The summed E-state index contributed by atoms with van der Waals surface area (Å²) in [5, 5.41) is 21.5. The molecule has 0 amide bonds. The van der Waals surface area contributed by atoms with Crippen molar-refractivity contribution in [3.05, 3.63) is 77.0 Å². The number of tetrazole rings is 1. The molecule has 0 aliphatic carbocycles. The van der Waals surface area contributed by atoms with Crippen molar-refractivity contribution in [2.24, 2.45) is 5.73 Å². The highest BCUT2D eigenvalue weighted by atomic mass is 16.7. The smallest absolute Gasteiger partial charge is 0.355 e. The van der Waals surface area contributed by atoms with Gasteiger partial charge in [-0.15, -0.1) is 5.10 Å². The van der Waals surface area contributed by atoms with Crippen LogP contribution >= 0.6 is 0 Å². The molecule has 0 spiro atoms. The molecule has 1 atom stereocenters. The van der Waals surface area contributed by atoms with E-state index in [1.165, 1.54) is 30.1 Å². The van der Waals surface area contributed by atoms with E-state index in [-0.39, 0.29) is 35.1 Å². The van der Waals surface area contributed by atoms with Crippen molar-refractivity contribution in [3.63, 3.8) is 0 Å². The van der Waals surface area contributed by atoms with Crippen molar-refractivity contribution in [1.29, 1.82) is 5.26 Å². The van der Waals surface area contributed by atoms with Gasteiger partial charge in [0.25, 0.3) is 0 Å². The molecular formula is C24H19N7O6. The molecule has 13 nitrogen and oxygen atoms in total. The molecule has 1 aromatic heterocycles. The summed E-state index contributed by atoms with van der Waals surface area (Å²) < 4.78 is 22.5. The monoisotopic (exact) mass is 501 g/mol. The van der Waals surface area contributed by atoms with E-state index in [2.05, 4.69) is 21.6 Å². The Morgan fingerprint density at radius 2 is 1.76 bits per heavy atom. The largest absolute Gasteiger partial charge is 0.466 e. The van der Waals surface area contributed by atoms with Gasteiger partial charge in [-0.25, -0.2) is 9.59 Å². The molecule has 0 saturated heterocycles. The van der Waals surface area contributed by atoms with Gasteiger partial charge in [-0.05, 0) is 16.0 Å². The Balaban J connectivity index is 1.87. The second-order valence-corrected chi connectivity index (χ2v) is 7.78. The third kappa shape index (κ3) is 3.76. The second-order valence-electron chi connectivity index (χ2n) is 7.78. The van der Waals surface area contributed by atoms with Gasteiger partial charge in [0.2, 0.25) is 6.79 Å². The summed E-state index contributed by atoms with van der Waals surface area (Å²) >= 11 is 0. The average molecular weight is 501 g/mol. The first-order valence-corrected chi connectivity index (χ1v) is 10.8. The Morgan fingerprint density at radius 3 is 2.35 bits per heavy atom. The number of methoxy groups -OCH3 is 2. The number of nitrogens with zero attached hydrogens (tertiary/aromatic N) is 6. The normalized spacial score (nSPS) is 16.5. The molecule has 3 aromatic rings. The van der Waals surface area contributed by atoms with Gasteiger partial charge in [0.1, 0.15) is 17.8 Å². The van der Waals surface area contributed by atoms with Crippen LogP contribution in [0, 0.1) is 11.3 Å². The van der Waals surface area contributed by atoms with Gasteiger partial charge < -0.3 is 24.7 Å². The summed E-state index contributed by atoms with van der Waals surface area (Å²) in [4.78, 5) is 27.8. The van der Waals surface area contributed by atoms with Crippen molar-refractivity contribution in [2.75, 3.05) is 25.9 Å². The highest BCUT2D eigenvalue weighted by Crippen LogP contribution is 2.47. The number of nitrogens with two attached hydrogens (primary N) is 1. The minimum absolute atomic E-state index is 0.0135. The van der Waals surface area contributed by atoms with E-state index in [0.717, 1.165) is 0 Å². The first-order chi connectivity index (χ1) is 18.0. The highest BCUT2D eigenvalue weighted by Gasteiger charge is 2.44. The molecular weight excluding hydrogens is 482 g/mol. The number of anilines is 1. The van der Waals surface area contributed by atoms with Gasteiger partial charge in [0.15, 0.2) is 11.5 Å². The number of carbonyl (C=O) groups is 2. The summed E-state index contributed by atoms with van der Waals surface area (Å²) in [7, 11) is 2.35. The first kappa shape index (κ1) is 23.4. The zero-order valence-electron chi connectivity index (χ0n) is 19.6. The quantitative estimate of drug-likeness (QED) is 0.498. The lowest BCUT2D eigenvalue weighted by Gasteiger charge is -2.36. The van der Waals surface area contributed by atoms with Crippen LogP contribution in [-0.2, 0) is 19.1 Å². The van der Waals surface area contributed by atoms with Crippen LogP contribution in [0.2, 0.25) is 0 Å². The Kier molecular flexibility index (Phi) is 5.90. The summed E-state index contributed by atoms with van der Waals surface area (Å²) in [5.74, 6) is -2.11. The number of allylic oxidation sites excluding steroid dienone is 1. The Morgan fingerprint density at radius 1 is 1.08 bits per heavy atom. The van der Waals surface area contributed by atoms with Crippen LogP contribution in [0.3, 0.4) is 0 Å². The fraction of sp³-hybridized carbons (Fsp3) is 0.167. The molecule has 186 valence electrons. The van der Waals surface area contributed by atoms with Crippen molar-refractivity contribution < 1.29 is 28.5 Å². The van der Waals surface area contributed by atoms with Crippen LogP contribution in [0.4, 0.5) is 5.69 Å². The van der Waals surface area contributed by atoms with E-state index >= 15 is 0 Å². The fourth-order valence-corrected chi connectivity index (χ4v) is 4.32. The van der Waals surface area contributed by atoms with E-state index < -0.39 is 17.9 Å². The van der Waals surface area contributed by atoms with Crippen LogP contribution in [0.25, 0.3) is 5.69 Å². The predicted molar refractivity (Wildman–Crippen MR) is 125 cm³/mol. The minimum Gasteiger partial charge on any atom is -0.466 e. The predicted octanol–water partition coefficient (Wildman–Crippen LogP) is 1.29. The molecule has 2 aliphatic rings. The standard InChI is InChI=1S/C24H19N7O6/c1-34-23(32)20-19(13-6-4-3-5-7-13)14(10-25)22(26)31(21(20)24(33)35-2)16-9-18-17(36-12-37-18)8-15(16)30-11-27-28-29-30/h3-9,11,19H,12,26H2,1-2H3. The van der Waals surface area contributed by atoms with E-state index in [1.54, 1.807) is 42.5 Å². The minimum atomic E-state index is -1.01. The maximum atomic E-state index is 13.3. The van der Waals surface area contributed by atoms with Gasteiger partial charge in [-0.1, -0.05) is 30.3 Å². The molecule has 2 N–H and O–H groups in total. The first-order valence-electron chi connectivity index (χ1n) is 10.8. The van der Waals surface area contributed by atoms with Gasteiger partial charge in [0.05, 0.1) is 48.7 Å². The number of nitriles is 1. The maximum Gasteiger partial charge on any atom is 0.355 e. The molecule has 1 unspecified atom stereocenters. The van der Waals surface area contributed by atoms with E-state index in [9.17, 15) is 14.9 Å². The number of hydrogen-bond donors (Lipinski definition) is 1. The van der Waals surface area contributed by atoms with E-state index in [0.29, 0.717) is 22.7 Å². The van der Waals surface area contributed by atoms with Crippen LogP contribution in [0.15, 0.2) is 71.5 Å². The number of carbonyl (C=O) groups excluding carboxylic acids is 2. The molecule has 13 heteroatoms. The van der Waals surface area contributed by atoms with Crippen molar-refractivity contribution in [1.82, 2.24) is 20.2 Å². The van der Waals surface area contributed by atoms with Gasteiger partial charge in [-0.2, -0.15) is 9.94 Å². The molecule has 3 heterocycles. The van der Waals surface area contributed by atoms with E-state index in [4.69, 9.17) is 24.7 Å². The van der Waals surface area contributed by atoms with Crippen molar-refractivity contribution in [2.45, 2.75) is 5.92 Å². The maximum absolute atomic E-state index is 13.3. The van der Waals surface area contributed by atoms with Gasteiger partial charge >= 0.3 is 11.9 Å². The number of ether oxygens (including phenoxy) is 4. The number of rotatable bonds is 5. The molecule has 2 aliphatic heterocycles. The Labute approximate surface area is 209 Å². The third-order valence-electron chi connectivity index (χ3n) is 5.92. The van der Waals surface area contributed by atoms with Crippen LogP contribution in [0.5, 0.6) is 11.5 Å². The van der Waals surface area contributed by atoms with E-state index in [1.807, 2.05) is 0 Å². The summed E-state index contributed by atoms with van der Waals surface area (Å²) in [6.07, 6.45) is 1.33. The van der Waals surface area contributed by atoms with Gasteiger partial charge in [-0.3, -0.25) is 4.90 Å². The number of fused-ring (bicyclic) bond motifs is 1. The number of aromatic nitrogens is 4. The molecule has 0 saturated carbocycles. The molecule has 0 bridgehead atoms. The zero-order chi connectivity index (χ0) is 26.1. The Hall–Kier alpha value is -5.38. The lowest BCUT2D eigenvalue weighted by molar-refractivity contribution is -0.139. The second kappa shape index (κ2) is 9.34. The third-order valence-corrected chi connectivity index (χ3v) is 5.92. The summed E-state index contributed by atoms with van der Waals surface area (Å²) in [6, 6.07) is 13.9. The zero-order valence-corrected chi connectivity index (χ0v) is 19.6. The summed E-state index contributed by atoms with van der Waals surface area (Å²) in [6.45, 7) is -0.0359. The molecule has 0 radical (unpaired) electrons. The van der Waals surface area contributed by atoms with Crippen LogP contribution in [0.1, 0.15) is 11.5 Å². The highest BCUT2D eigenvalue weighted by molar-refractivity contribution is 6.07. The molecule has 37 heavy (non-hydrogen) atoms. The van der Waals surface area contributed by atoms with Crippen LogP contribution < -0.4 is 20.1 Å². The average Bonchev–Trinajstić information content (AvgIpc) is 3.63. The lowest BCUT2D eigenvalue weighted by Crippen LogP contribution is -2.41. The van der Waals surface area contributed by atoms with Crippen molar-refractivity contribution in [3.8, 4) is 23.3 Å². The van der Waals surface area contributed by atoms with Gasteiger partial charge in [0, 0.05) is 12.1 Å². The lowest BCUT2D eigenvalue weighted by atomic mass is 9.81. The number of benzene rings is 2. The van der Waals surface area contributed by atoms with Crippen LogP contribution in [-0.4, -0.2) is 53.2 Å². The molecule has 2 aromatic carbocycles. The molecule has 0 fully saturated rings. The SMILES string of the molecule is COC(=O)C1=C(C(=O)OC)N(c2cc3c(cc2-n2cnnn2)OCO3)C(N)=C(C#N)C1c1ccccc1. The van der Waals surface area contributed by atoms with Crippen molar-refractivity contribution >= 4 is 17.6 Å². The number of esters is 2. The summed E-state index contributed by atoms with van der Waals surface area (Å²) in [5.41, 5.74) is 7.33.